The van der Waals surface area contributed by atoms with E-state index in [1.807, 2.05) is 0 Å². The lowest BCUT2D eigenvalue weighted by atomic mass is 9.94. The number of amides is 1. The summed E-state index contributed by atoms with van der Waals surface area (Å²) in [6, 6.07) is 0.587. The fourth-order valence-corrected chi connectivity index (χ4v) is 2.47. The average Bonchev–Trinajstić information content (AvgIpc) is 3.04. The van der Waals surface area contributed by atoms with Gasteiger partial charge in [0.2, 0.25) is 5.91 Å². The quantitative estimate of drug-likeness (QED) is 0.821. The molecule has 0 bridgehead atoms. The van der Waals surface area contributed by atoms with Crippen LogP contribution in [0.5, 0.6) is 0 Å². The molecule has 0 spiro atoms. The maximum absolute atomic E-state index is 12.0. The SMILES string of the molecule is CCN(C(=O)CC1CCNCC1)C1CC1.Cl. The van der Waals surface area contributed by atoms with E-state index in [0.29, 0.717) is 17.9 Å². The summed E-state index contributed by atoms with van der Waals surface area (Å²) in [5.74, 6) is 1.03. The van der Waals surface area contributed by atoms with Crippen molar-refractivity contribution < 1.29 is 4.79 Å². The van der Waals surface area contributed by atoms with E-state index in [9.17, 15) is 4.79 Å². The lowest BCUT2D eigenvalue weighted by molar-refractivity contribution is -0.132. The van der Waals surface area contributed by atoms with Crippen molar-refractivity contribution in [1.29, 1.82) is 0 Å². The highest BCUT2D eigenvalue weighted by molar-refractivity contribution is 5.85. The maximum Gasteiger partial charge on any atom is 0.223 e. The molecular formula is C12H23ClN2O. The summed E-state index contributed by atoms with van der Waals surface area (Å²) >= 11 is 0. The molecule has 2 aliphatic rings. The third-order valence-electron chi connectivity index (χ3n) is 3.57. The monoisotopic (exact) mass is 246 g/mol. The molecule has 0 unspecified atom stereocenters. The van der Waals surface area contributed by atoms with Crippen molar-refractivity contribution >= 4 is 18.3 Å². The number of carbonyl (C=O) groups is 1. The summed E-state index contributed by atoms with van der Waals surface area (Å²) in [7, 11) is 0. The van der Waals surface area contributed by atoms with Gasteiger partial charge in [0.25, 0.3) is 0 Å². The molecular weight excluding hydrogens is 224 g/mol. The lowest BCUT2D eigenvalue weighted by Gasteiger charge is -2.26. The Morgan fingerprint density at radius 3 is 2.38 bits per heavy atom. The fourth-order valence-electron chi connectivity index (χ4n) is 2.47. The summed E-state index contributed by atoms with van der Waals surface area (Å²) < 4.78 is 0. The zero-order chi connectivity index (χ0) is 10.7. The molecule has 0 atom stereocenters. The minimum atomic E-state index is 0. The van der Waals surface area contributed by atoms with Gasteiger partial charge in [-0.2, -0.15) is 0 Å². The normalized spacial score (nSPS) is 21.3. The third-order valence-corrected chi connectivity index (χ3v) is 3.57. The summed E-state index contributed by atoms with van der Waals surface area (Å²) in [4.78, 5) is 14.1. The molecule has 0 aromatic heterocycles. The van der Waals surface area contributed by atoms with Crippen molar-refractivity contribution in [2.24, 2.45) is 5.92 Å². The first-order valence-corrected chi connectivity index (χ1v) is 6.31. The molecule has 1 aliphatic carbocycles. The minimum Gasteiger partial charge on any atom is -0.340 e. The lowest BCUT2D eigenvalue weighted by Crippen LogP contribution is -2.36. The van der Waals surface area contributed by atoms with Gasteiger partial charge in [0.05, 0.1) is 0 Å². The van der Waals surface area contributed by atoms with E-state index < -0.39 is 0 Å². The first kappa shape index (κ1) is 13.8. The molecule has 1 saturated heterocycles. The molecule has 1 heterocycles. The molecule has 94 valence electrons. The van der Waals surface area contributed by atoms with Gasteiger partial charge in [0.15, 0.2) is 0 Å². The molecule has 1 saturated carbocycles. The number of piperidine rings is 1. The van der Waals surface area contributed by atoms with Crippen LogP contribution < -0.4 is 5.32 Å². The van der Waals surface area contributed by atoms with Crippen LogP contribution in [0.3, 0.4) is 0 Å². The highest BCUT2D eigenvalue weighted by Crippen LogP contribution is 2.28. The first-order valence-electron chi connectivity index (χ1n) is 6.31. The van der Waals surface area contributed by atoms with Crippen LogP contribution in [0.1, 0.15) is 39.0 Å². The molecule has 1 N–H and O–H groups in total. The standard InChI is InChI=1S/C12H22N2O.ClH/c1-2-14(11-3-4-11)12(15)9-10-5-7-13-8-6-10;/h10-11,13H,2-9H2,1H3;1H. The molecule has 0 aromatic carbocycles. The number of nitrogens with one attached hydrogen (secondary N) is 1. The Bertz CT molecular complexity index is 225. The van der Waals surface area contributed by atoms with Gasteiger partial charge in [-0.05, 0) is 51.6 Å². The van der Waals surface area contributed by atoms with Gasteiger partial charge in [-0.3, -0.25) is 4.79 Å². The molecule has 4 heteroatoms. The molecule has 2 fully saturated rings. The first-order chi connectivity index (χ1) is 7.31. The topological polar surface area (TPSA) is 32.3 Å². The number of rotatable bonds is 4. The number of hydrogen-bond acceptors (Lipinski definition) is 2. The van der Waals surface area contributed by atoms with Crippen LogP contribution in [0.15, 0.2) is 0 Å². The van der Waals surface area contributed by atoms with Gasteiger partial charge < -0.3 is 10.2 Å². The van der Waals surface area contributed by atoms with Gasteiger partial charge >= 0.3 is 0 Å². The Morgan fingerprint density at radius 1 is 1.25 bits per heavy atom. The second kappa shape index (κ2) is 6.45. The van der Waals surface area contributed by atoms with Crippen molar-refractivity contribution in [3.8, 4) is 0 Å². The number of halogens is 1. The summed E-state index contributed by atoms with van der Waals surface area (Å²) in [5, 5.41) is 3.34. The van der Waals surface area contributed by atoms with Crippen LogP contribution in [0.4, 0.5) is 0 Å². The Morgan fingerprint density at radius 2 is 1.88 bits per heavy atom. The minimum absolute atomic E-state index is 0. The number of hydrogen-bond donors (Lipinski definition) is 1. The van der Waals surface area contributed by atoms with Crippen LogP contribution in [0.2, 0.25) is 0 Å². The smallest absolute Gasteiger partial charge is 0.223 e. The third kappa shape index (κ3) is 3.63. The molecule has 2 rings (SSSR count). The number of carbonyl (C=O) groups excluding carboxylic acids is 1. The summed E-state index contributed by atoms with van der Waals surface area (Å²) in [6.07, 6.45) is 5.59. The van der Waals surface area contributed by atoms with E-state index in [-0.39, 0.29) is 12.4 Å². The van der Waals surface area contributed by atoms with Crippen molar-refractivity contribution in [3.63, 3.8) is 0 Å². The van der Waals surface area contributed by atoms with E-state index >= 15 is 0 Å². The van der Waals surface area contributed by atoms with Crippen molar-refractivity contribution in [2.45, 2.75) is 45.1 Å². The Kier molecular flexibility index (Phi) is 5.56. The van der Waals surface area contributed by atoms with E-state index in [2.05, 4.69) is 17.1 Å². The molecule has 3 nitrogen and oxygen atoms in total. The van der Waals surface area contributed by atoms with Crippen LogP contribution in [0, 0.1) is 5.92 Å². The number of nitrogens with zero attached hydrogens (tertiary/aromatic N) is 1. The van der Waals surface area contributed by atoms with Gasteiger partial charge in [0.1, 0.15) is 0 Å². The van der Waals surface area contributed by atoms with Crippen LogP contribution in [-0.2, 0) is 4.79 Å². The highest BCUT2D eigenvalue weighted by atomic mass is 35.5. The van der Waals surface area contributed by atoms with Crippen LogP contribution in [-0.4, -0.2) is 36.5 Å². The van der Waals surface area contributed by atoms with E-state index in [4.69, 9.17) is 0 Å². The van der Waals surface area contributed by atoms with Gasteiger partial charge in [-0.25, -0.2) is 0 Å². The van der Waals surface area contributed by atoms with E-state index in [1.54, 1.807) is 0 Å². The van der Waals surface area contributed by atoms with E-state index in [0.717, 1.165) is 26.1 Å². The van der Waals surface area contributed by atoms with Crippen LogP contribution >= 0.6 is 12.4 Å². The zero-order valence-corrected chi connectivity index (χ0v) is 10.9. The molecule has 0 aromatic rings. The summed E-state index contributed by atoms with van der Waals surface area (Å²) in [6.45, 7) is 5.17. The second-order valence-electron chi connectivity index (χ2n) is 4.81. The summed E-state index contributed by atoms with van der Waals surface area (Å²) in [5.41, 5.74) is 0. The van der Waals surface area contributed by atoms with Gasteiger partial charge in [-0.1, -0.05) is 0 Å². The maximum atomic E-state index is 12.0. The molecule has 16 heavy (non-hydrogen) atoms. The highest BCUT2D eigenvalue weighted by Gasteiger charge is 2.32. The Labute approximate surface area is 104 Å². The van der Waals surface area contributed by atoms with Gasteiger partial charge in [0, 0.05) is 19.0 Å². The van der Waals surface area contributed by atoms with Crippen LogP contribution in [0.25, 0.3) is 0 Å². The van der Waals surface area contributed by atoms with Crippen molar-refractivity contribution in [2.75, 3.05) is 19.6 Å². The zero-order valence-electron chi connectivity index (χ0n) is 10.1. The average molecular weight is 247 g/mol. The Balaban J connectivity index is 0.00000128. The Hall–Kier alpha value is -0.280. The predicted octanol–water partition coefficient (Wildman–Crippen LogP) is 1.81. The van der Waals surface area contributed by atoms with Crippen molar-refractivity contribution in [3.05, 3.63) is 0 Å². The molecule has 1 amide bonds. The van der Waals surface area contributed by atoms with E-state index in [1.165, 1.54) is 25.7 Å². The van der Waals surface area contributed by atoms with Gasteiger partial charge in [-0.15, -0.1) is 12.4 Å². The largest absolute Gasteiger partial charge is 0.340 e. The predicted molar refractivity (Wildman–Crippen MR) is 67.9 cm³/mol. The molecule has 0 radical (unpaired) electrons. The van der Waals surface area contributed by atoms with Crippen molar-refractivity contribution in [1.82, 2.24) is 10.2 Å². The second-order valence-corrected chi connectivity index (χ2v) is 4.81. The molecule has 1 aliphatic heterocycles. The fraction of sp³-hybridized carbons (Fsp3) is 0.917.